The smallest absolute Gasteiger partial charge is 0.119 e. The van der Waals surface area contributed by atoms with E-state index in [1.54, 1.807) is 0 Å². The molecule has 0 aliphatic carbocycles. The van der Waals surface area contributed by atoms with Crippen molar-refractivity contribution in [3.63, 3.8) is 0 Å². The molecule has 0 amide bonds. The van der Waals surface area contributed by atoms with E-state index in [-0.39, 0.29) is 0 Å². The predicted octanol–water partition coefficient (Wildman–Crippen LogP) is 6.20. The van der Waals surface area contributed by atoms with E-state index >= 15 is 0 Å². The molecule has 1 fully saturated rings. The van der Waals surface area contributed by atoms with E-state index < -0.39 is 0 Å². The van der Waals surface area contributed by atoms with E-state index in [2.05, 4.69) is 94.0 Å². The molecule has 0 saturated carbocycles. The summed E-state index contributed by atoms with van der Waals surface area (Å²) in [7, 11) is 0. The SMILES string of the molecule is c1ccc(COc2ccc(CNc3ccc(N4CCN(c5ccccc5)CC4)cc3)cc2)cc1. The lowest BCUT2D eigenvalue weighted by Crippen LogP contribution is -2.46. The number of hydrogen-bond donors (Lipinski definition) is 1. The van der Waals surface area contributed by atoms with Crippen LogP contribution in [0.15, 0.2) is 109 Å². The normalized spacial score (nSPS) is 13.5. The van der Waals surface area contributed by atoms with Gasteiger partial charge in [-0.1, -0.05) is 60.7 Å². The van der Waals surface area contributed by atoms with E-state index in [1.807, 2.05) is 30.3 Å². The minimum atomic E-state index is 0.589. The van der Waals surface area contributed by atoms with Crippen molar-refractivity contribution in [3.8, 4) is 5.75 Å². The van der Waals surface area contributed by atoms with Crippen LogP contribution in [0.1, 0.15) is 11.1 Å². The molecular weight excluding hydrogens is 418 g/mol. The third-order valence-corrected chi connectivity index (χ3v) is 6.30. The topological polar surface area (TPSA) is 27.7 Å². The first-order valence-electron chi connectivity index (χ1n) is 12.0. The van der Waals surface area contributed by atoms with Gasteiger partial charge in [-0.05, 0) is 59.7 Å². The Morgan fingerprint density at radius 1 is 0.559 bits per heavy atom. The number of piperazine rings is 1. The first-order valence-corrected chi connectivity index (χ1v) is 12.0. The highest BCUT2D eigenvalue weighted by molar-refractivity contribution is 5.57. The molecular formula is C30H31N3O. The summed E-state index contributed by atoms with van der Waals surface area (Å²) < 4.78 is 5.88. The van der Waals surface area contributed by atoms with Gasteiger partial charge in [0, 0.05) is 49.8 Å². The molecule has 0 unspecified atom stereocenters. The third-order valence-electron chi connectivity index (χ3n) is 6.30. The van der Waals surface area contributed by atoms with E-state index in [0.717, 1.165) is 44.2 Å². The standard InChI is InChI=1S/C30H31N3O/c1-3-7-26(8-4-1)24-34-30-17-11-25(12-18-30)23-31-27-13-15-29(16-14-27)33-21-19-32(20-22-33)28-9-5-2-6-10-28/h1-18,31H,19-24H2. The van der Waals surface area contributed by atoms with Crippen LogP contribution in [0.3, 0.4) is 0 Å². The van der Waals surface area contributed by atoms with Gasteiger partial charge >= 0.3 is 0 Å². The fraction of sp³-hybridized carbons (Fsp3) is 0.200. The van der Waals surface area contributed by atoms with E-state index in [4.69, 9.17) is 4.74 Å². The van der Waals surface area contributed by atoms with E-state index in [0.29, 0.717) is 6.61 Å². The molecule has 0 spiro atoms. The van der Waals surface area contributed by atoms with Crippen LogP contribution < -0.4 is 19.9 Å². The Hall–Kier alpha value is -3.92. The van der Waals surface area contributed by atoms with Gasteiger partial charge in [-0.25, -0.2) is 0 Å². The van der Waals surface area contributed by atoms with E-state index in [1.165, 1.54) is 22.5 Å². The molecule has 1 aliphatic rings. The zero-order valence-corrected chi connectivity index (χ0v) is 19.4. The number of nitrogens with zero attached hydrogens (tertiary/aromatic N) is 2. The van der Waals surface area contributed by atoms with Crippen molar-refractivity contribution in [1.82, 2.24) is 0 Å². The van der Waals surface area contributed by atoms with Gasteiger partial charge < -0.3 is 19.9 Å². The van der Waals surface area contributed by atoms with Crippen LogP contribution in [0.5, 0.6) is 5.75 Å². The molecule has 1 N–H and O–H groups in total. The molecule has 4 heteroatoms. The second-order valence-corrected chi connectivity index (χ2v) is 8.63. The summed E-state index contributed by atoms with van der Waals surface area (Å²) >= 11 is 0. The number of benzene rings is 4. The molecule has 0 aromatic heterocycles. The maximum absolute atomic E-state index is 5.88. The highest BCUT2D eigenvalue weighted by atomic mass is 16.5. The molecule has 1 saturated heterocycles. The fourth-order valence-electron chi connectivity index (χ4n) is 4.30. The Balaban J connectivity index is 1.08. The first kappa shape index (κ1) is 21.9. The van der Waals surface area contributed by atoms with Gasteiger partial charge in [-0.2, -0.15) is 0 Å². The van der Waals surface area contributed by atoms with Crippen molar-refractivity contribution < 1.29 is 4.74 Å². The van der Waals surface area contributed by atoms with Crippen molar-refractivity contribution in [3.05, 3.63) is 120 Å². The van der Waals surface area contributed by atoms with Crippen LogP contribution in [-0.2, 0) is 13.2 Å². The quantitative estimate of drug-likeness (QED) is 0.346. The monoisotopic (exact) mass is 449 g/mol. The van der Waals surface area contributed by atoms with Crippen LogP contribution in [-0.4, -0.2) is 26.2 Å². The van der Waals surface area contributed by atoms with Crippen molar-refractivity contribution >= 4 is 17.1 Å². The zero-order valence-electron chi connectivity index (χ0n) is 19.4. The van der Waals surface area contributed by atoms with Gasteiger partial charge in [0.25, 0.3) is 0 Å². The van der Waals surface area contributed by atoms with Crippen LogP contribution in [0.25, 0.3) is 0 Å². The van der Waals surface area contributed by atoms with Gasteiger partial charge in [0.05, 0.1) is 0 Å². The van der Waals surface area contributed by atoms with Gasteiger partial charge in [0.1, 0.15) is 12.4 Å². The van der Waals surface area contributed by atoms with Crippen LogP contribution in [0, 0.1) is 0 Å². The van der Waals surface area contributed by atoms with Crippen LogP contribution in [0.4, 0.5) is 17.1 Å². The molecule has 4 nitrogen and oxygen atoms in total. The number of para-hydroxylation sites is 1. The second kappa shape index (κ2) is 10.8. The lowest BCUT2D eigenvalue weighted by Gasteiger charge is -2.37. The molecule has 0 radical (unpaired) electrons. The molecule has 34 heavy (non-hydrogen) atoms. The summed E-state index contributed by atoms with van der Waals surface area (Å²) in [6, 6.07) is 38.1. The summed E-state index contributed by atoms with van der Waals surface area (Å²) in [6.45, 7) is 5.56. The summed E-state index contributed by atoms with van der Waals surface area (Å²) in [5.41, 5.74) is 6.15. The fourth-order valence-corrected chi connectivity index (χ4v) is 4.30. The van der Waals surface area contributed by atoms with E-state index in [9.17, 15) is 0 Å². The van der Waals surface area contributed by atoms with Gasteiger partial charge in [-0.3, -0.25) is 0 Å². The third kappa shape index (κ3) is 5.70. The Morgan fingerprint density at radius 3 is 1.74 bits per heavy atom. The summed E-state index contributed by atoms with van der Waals surface area (Å²) in [6.07, 6.45) is 0. The second-order valence-electron chi connectivity index (χ2n) is 8.63. The first-order chi connectivity index (χ1) is 16.8. The minimum Gasteiger partial charge on any atom is -0.489 e. The number of anilines is 3. The number of rotatable bonds is 8. The molecule has 0 bridgehead atoms. The molecule has 5 rings (SSSR count). The summed E-state index contributed by atoms with van der Waals surface area (Å²) in [4.78, 5) is 4.93. The molecule has 1 aliphatic heterocycles. The average molecular weight is 450 g/mol. The predicted molar refractivity (Wildman–Crippen MR) is 142 cm³/mol. The van der Waals surface area contributed by atoms with Gasteiger partial charge in [0.2, 0.25) is 0 Å². The zero-order chi connectivity index (χ0) is 23.0. The molecule has 172 valence electrons. The summed E-state index contributed by atoms with van der Waals surface area (Å²) in [5, 5.41) is 3.53. The number of hydrogen-bond acceptors (Lipinski definition) is 4. The maximum atomic E-state index is 5.88. The van der Waals surface area contributed by atoms with Crippen molar-refractivity contribution in [2.75, 3.05) is 41.3 Å². The molecule has 4 aromatic rings. The van der Waals surface area contributed by atoms with Crippen molar-refractivity contribution in [2.45, 2.75) is 13.2 Å². The molecule has 4 aromatic carbocycles. The van der Waals surface area contributed by atoms with Gasteiger partial charge in [0.15, 0.2) is 0 Å². The van der Waals surface area contributed by atoms with Crippen LogP contribution >= 0.6 is 0 Å². The Labute approximate surface area is 202 Å². The highest BCUT2D eigenvalue weighted by Gasteiger charge is 2.17. The molecule has 1 heterocycles. The lowest BCUT2D eigenvalue weighted by atomic mass is 10.2. The Kier molecular flexibility index (Phi) is 6.96. The number of nitrogens with one attached hydrogen (secondary N) is 1. The minimum absolute atomic E-state index is 0.589. The Morgan fingerprint density at radius 2 is 1.12 bits per heavy atom. The highest BCUT2D eigenvalue weighted by Crippen LogP contribution is 2.23. The van der Waals surface area contributed by atoms with Crippen LogP contribution in [0.2, 0.25) is 0 Å². The number of ether oxygens (including phenoxy) is 1. The maximum Gasteiger partial charge on any atom is 0.119 e. The Bertz CT molecular complexity index is 1140. The molecule has 0 atom stereocenters. The lowest BCUT2D eigenvalue weighted by molar-refractivity contribution is 0.306. The van der Waals surface area contributed by atoms with Crippen molar-refractivity contribution in [1.29, 1.82) is 0 Å². The average Bonchev–Trinajstić information content (AvgIpc) is 2.93. The van der Waals surface area contributed by atoms with Gasteiger partial charge in [-0.15, -0.1) is 0 Å². The van der Waals surface area contributed by atoms with Crippen molar-refractivity contribution in [2.24, 2.45) is 0 Å². The summed E-state index contributed by atoms with van der Waals surface area (Å²) in [5.74, 6) is 0.893. The largest absolute Gasteiger partial charge is 0.489 e.